The molecule has 2 fully saturated rings. The van der Waals surface area contributed by atoms with Gasteiger partial charge in [0.05, 0.1) is 17.1 Å². The molecule has 8 nitrogen and oxygen atoms in total. The van der Waals surface area contributed by atoms with Crippen molar-refractivity contribution in [1.29, 1.82) is 0 Å². The van der Waals surface area contributed by atoms with Crippen LogP contribution in [0, 0.1) is 0 Å². The lowest BCUT2D eigenvalue weighted by Crippen LogP contribution is -2.39. The Morgan fingerprint density at radius 1 is 1.20 bits per heavy atom. The Bertz CT molecular complexity index is 1040. The van der Waals surface area contributed by atoms with E-state index < -0.39 is 21.2 Å². The predicted octanol–water partition coefficient (Wildman–Crippen LogP) is 2.34. The minimum absolute atomic E-state index is 0.0517. The molecule has 2 aromatic rings. The summed E-state index contributed by atoms with van der Waals surface area (Å²) in [5, 5.41) is 14.1. The van der Waals surface area contributed by atoms with E-state index in [2.05, 4.69) is 18.9 Å². The average Bonchev–Trinajstić information content (AvgIpc) is 3.48. The molecule has 1 unspecified atom stereocenters. The van der Waals surface area contributed by atoms with Gasteiger partial charge in [-0.2, -0.15) is 5.10 Å². The number of carbonyl (C=O) groups excluding carboxylic acids is 1. The maximum Gasteiger partial charge on any atom is 0.278 e. The molecular formula is C21H28N4O4S. The molecule has 2 aliphatic heterocycles. The summed E-state index contributed by atoms with van der Waals surface area (Å²) in [6.45, 7) is 5.78. The molecule has 0 spiro atoms. The normalized spacial score (nSPS) is 20.4. The zero-order chi connectivity index (χ0) is 21.5. The maximum atomic E-state index is 13.0. The summed E-state index contributed by atoms with van der Waals surface area (Å²) in [5.74, 6) is -0.305. The quantitative estimate of drug-likeness (QED) is 0.782. The number of rotatable bonds is 5. The van der Waals surface area contributed by atoms with Crippen molar-refractivity contribution in [2.24, 2.45) is 0 Å². The summed E-state index contributed by atoms with van der Waals surface area (Å²) in [4.78, 5) is 14.4. The number of benzene rings is 1. The largest absolute Gasteiger partial charge is 0.504 e. The molecule has 1 aromatic carbocycles. The van der Waals surface area contributed by atoms with Crippen molar-refractivity contribution < 1.29 is 18.3 Å². The van der Waals surface area contributed by atoms with Crippen LogP contribution < -0.4 is 0 Å². The molecule has 0 aliphatic carbocycles. The molecule has 3 heterocycles. The molecule has 1 aromatic heterocycles. The second kappa shape index (κ2) is 8.03. The fraction of sp³-hybridized carbons (Fsp3) is 0.524. The van der Waals surface area contributed by atoms with E-state index in [0.717, 1.165) is 24.1 Å². The minimum atomic E-state index is -3.40. The highest BCUT2D eigenvalue weighted by molar-refractivity contribution is 7.89. The predicted molar refractivity (Wildman–Crippen MR) is 113 cm³/mol. The lowest BCUT2D eigenvalue weighted by Gasteiger charge is -2.21. The number of amides is 1. The highest BCUT2D eigenvalue weighted by Gasteiger charge is 2.40. The van der Waals surface area contributed by atoms with Gasteiger partial charge in [0.2, 0.25) is 10.0 Å². The number of hydrogen-bond donors (Lipinski definition) is 1. The molecule has 1 atom stereocenters. The van der Waals surface area contributed by atoms with Gasteiger partial charge in [0, 0.05) is 26.2 Å². The number of carbonyl (C=O) groups is 1. The smallest absolute Gasteiger partial charge is 0.278 e. The van der Waals surface area contributed by atoms with Crippen molar-refractivity contribution in [3.05, 3.63) is 41.7 Å². The Balaban J connectivity index is 1.51. The fourth-order valence-corrected chi connectivity index (χ4v) is 6.10. The molecule has 2 saturated heterocycles. The van der Waals surface area contributed by atoms with Gasteiger partial charge < -0.3 is 10.0 Å². The van der Waals surface area contributed by atoms with Crippen LogP contribution in [0.5, 0.6) is 5.75 Å². The third-order valence-electron chi connectivity index (χ3n) is 5.98. The van der Waals surface area contributed by atoms with Gasteiger partial charge in [-0.15, -0.1) is 0 Å². The van der Waals surface area contributed by atoms with Gasteiger partial charge in [-0.05, 0) is 42.9 Å². The van der Waals surface area contributed by atoms with Crippen LogP contribution in [0.1, 0.15) is 55.1 Å². The van der Waals surface area contributed by atoms with Crippen LogP contribution in [0.25, 0.3) is 5.69 Å². The van der Waals surface area contributed by atoms with Crippen LogP contribution in [0.3, 0.4) is 0 Å². The van der Waals surface area contributed by atoms with Crippen LogP contribution in [0.4, 0.5) is 0 Å². The van der Waals surface area contributed by atoms with Gasteiger partial charge in [-0.3, -0.25) is 4.79 Å². The first-order chi connectivity index (χ1) is 14.3. The molecule has 4 rings (SSSR count). The summed E-state index contributed by atoms with van der Waals surface area (Å²) in [7, 11) is -3.40. The first-order valence-corrected chi connectivity index (χ1v) is 11.9. The summed E-state index contributed by atoms with van der Waals surface area (Å²) < 4.78 is 28.6. The highest BCUT2D eigenvalue weighted by Crippen LogP contribution is 2.27. The van der Waals surface area contributed by atoms with Crippen LogP contribution in [0.2, 0.25) is 0 Å². The van der Waals surface area contributed by atoms with Crippen LogP contribution in [-0.4, -0.2) is 69.8 Å². The number of aromatic hydroxyl groups is 1. The first kappa shape index (κ1) is 20.9. The standard InChI is InChI=1S/C21H28N4O4S/c1-15(2)16-6-5-7-17(12-16)25-14-19(26)20(22-25)21(27)23-11-8-18(13-23)30(28,29)24-9-3-4-10-24/h5-7,12,14-15,18,26H,3-4,8-11,13H2,1-2H3. The highest BCUT2D eigenvalue weighted by atomic mass is 32.2. The van der Waals surface area contributed by atoms with Crippen LogP contribution >= 0.6 is 0 Å². The van der Waals surface area contributed by atoms with E-state index in [4.69, 9.17) is 0 Å². The lowest BCUT2D eigenvalue weighted by molar-refractivity contribution is 0.0784. The van der Waals surface area contributed by atoms with E-state index in [1.807, 2.05) is 24.3 Å². The van der Waals surface area contributed by atoms with Gasteiger partial charge in [0.15, 0.2) is 11.4 Å². The topological polar surface area (TPSA) is 95.7 Å². The van der Waals surface area contributed by atoms with E-state index in [1.165, 1.54) is 15.8 Å². The summed E-state index contributed by atoms with van der Waals surface area (Å²) in [5.41, 5.74) is 1.83. The number of aromatic nitrogens is 2. The van der Waals surface area contributed by atoms with E-state index >= 15 is 0 Å². The number of nitrogens with zero attached hydrogens (tertiary/aromatic N) is 4. The minimum Gasteiger partial charge on any atom is -0.504 e. The molecule has 1 N–H and O–H groups in total. The lowest BCUT2D eigenvalue weighted by atomic mass is 10.0. The molecule has 0 saturated carbocycles. The Hall–Kier alpha value is -2.39. The van der Waals surface area contributed by atoms with Gasteiger partial charge in [0.1, 0.15) is 0 Å². The summed E-state index contributed by atoms with van der Waals surface area (Å²) >= 11 is 0. The zero-order valence-electron chi connectivity index (χ0n) is 17.4. The third kappa shape index (κ3) is 3.83. The van der Waals surface area contributed by atoms with E-state index in [1.54, 1.807) is 4.31 Å². The zero-order valence-corrected chi connectivity index (χ0v) is 18.2. The maximum absolute atomic E-state index is 13.0. The van der Waals surface area contributed by atoms with Crippen molar-refractivity contribution in [3.8, 4) is 11.4 Å². The Kier molecular flexibility index (Phi) is 5.59. The number of likely N-dealkylation sites (tertiary alicyclic amines) is 1. The molecule has 30 heavy (non-hydrogen) atoms. The van der Waals surface area contributed by atoms with Crippen molar-refractivity contribution in [3.63, 3.8) is 0 Å². The second-order valence-corrected chi connectivity index (χ2v) is 10.6. The van der Waals surface area contributed by atoms with Gasteiger partial charge in [0.25, 0.3) is 5.91 Å². The Labute approximate surface area is 177 Å². The van der Waals surface area contributed by atoms with Crippen molar-refractivity contribution >= 4 is 15.9 Å². The fourth-order valence-electron chi connectivity index (χ4n) is 4.13. The Morgan fingerprint density at radius 2 is 1.93 bits per heavy atom. The van der Waals surface area contributed by atoms with E-state index in [-0.39, 0.29) is 18.0 Å². The van der Waals surface area contributed by atoms with Gasteiger partial charge in [-0.1, -0.05) is 26.0 Å². The number of hydrogen-bond acceptors (Lipinski definition) is 5. The molecule has 2 aliphatic rings. The van der Waals surface area contributed by atoms with Gasteiger partial charge >= 0.3 is 0 Å². The first-order valence-electron chi connectivity index (χ1n) is 10.4. The average molecular weight is 433 g/mol. The molecule has 1 amide bonds. The molecular weight excluding hydrogens is 404 g/mol. The number of sulfonamides is 1. The van der Waals surface area contributed by atoms with Crippen LogP contribution in [-0.2, 0) is 10.0 Å². The van der Waals surface area contributed by atoms with Crippen LogP contribution in [0.15, 0.2) is 30.5 Å². The van der Waals surface area contributed by atoms with E-state index in [0.29, 0.717) is 32.0 Å². The summed E-state index contributed by atoms with van der Waals surface area (Å²) in [6.07, 6.45) is 3.60. The Morgan fingerprint density at radius 3 is 2.63 bits per heavy atom. The van der Waals surface area contributed by atoms with Crippen molar-refractivity contribution in [2.75, 3.05) is 26.2 Å². The van der Waals surface area contributed by atoms with Crippen molar-refractivity contribution in [1.82, 2.24) is 19.0 Å². The second-order valence-electron chi connectivity index (χ2n) is 8.37. The monoisotopic (exact) mass is 432 g/mol. The van der Waals surface area contributed by atoms with E-state index in [9.17, 15) is 18.3 Å². The summed E-state index contributed by atoms with van der Waals surface area (Å²) in [6, 6.07) is 7.77. The molecule has 162 valence electrons. The molecule has 0 bridgehead atoms. The van der Waals surface area contributed by atoms with Crippen molar-refractivity contribution in [2.45, 2.75) is 44.3 Å². The SMILES string of the molecule is CC(C)c1cccc(-n2cc(O)c(C(=O)N3CCC(S(=O)(=O)N4CCCC4)C3)n2)c1. The van der Waals surface area contributed by atoms with Gasteiger partial charge in [-0.25, -0.2) is 17.4 Å². The molecule has 9 heteroatoms. The third-order valence-corrected chi connectivity index (χ3v) is 8.29. The molecule has 0 radical (unpaired) electrons.